The highest BCUT2D eigenvalue weighted by Gasteiger charge is 2.05. The first-order valence-electron chi connectivity index (χ1n) is 7.19. The van der Waals surface area contributed by atoms with Gasteiger partial charge in [-0.2, -0.15) is 0 Å². The molecule has 3 rings (SSSR count). The van der Waals surface area contributed by atoms with Gasteiger partial charge in [0.2, 0.25) is 5.95 Å². The zero-order chi connectivity index (χ0) is 15.2. The molecule has 2 aromatic carbocycles. The van der Waals surface area contributed by atoms with E-state index in [2.05, 4.69) is 27.4 Å². The lowest BCUT2D eigenvalue weighted by Crippen LogP contribution is -2.08. The quantitative estimate of drug-likeness (QED) is 0.707. The second kappa shape index (κ2) is 7.05. The van der Waals surface area contributed by atoms with E-state index in [1.807, 2.05) is 48.5 Å². The minimum Gasteiger partial charge on any atom is -0.354 e. The molecule has 1 heterocycles. The van der Waals surface area contributed by atoms with E-state index in [9.17, 15) is 0 Å². The predicted molar refractivity (Wildman–Crippen MR) is 91.1 cm³/mol. The Hall–Kier alpha value is -2.39. The molecule has 0 saturated carbocycles. The maximum Gasteiger partial charge on any atom is 0.224 e. The van der Waals surface area contributed by atoms with Crippen LogP contribution in [0.15, 0.2) is 66.7 Å². The van der Waals surface area contributed by atoms with E-state index in [0.717, 1.165) is 24.2 Å². The molecule has 0 saturated heterocycles. The van der Waals surface area contributed by atoms with Crippen LogP contribution in [0.25, 0.3) is 11.3 Å². The van der Waals surface area contributed by atoms with Crippen LogP contribution in [0.3, 0.4) is 0 Å². The van der Waals surface area contributed by atoms with Crippen molar-refractivity contribution < 1.29 is 0 Å². The normalized spacial score (nSPS) is 10.4. The van der Waals surface area contributed by atoms with E-state index in [4.69, 9.17) is 11.6 Å². The lowest BCUT2D eigenvalue weighted by atomic mass is 10.1. The van der Waals surface area contributed by atoms with Gasteiger partial charge in [-0.1, -0.05) is 72.3 Å². The van der Waals surface area contributed by atoms with Crippen LogP contribution in [-0.2, 0) is 6.42 Å². The van der Waals surface area contributed by atoms with Crippen molar-refractivity contribution in [1.82, 2.24) is 9.97 Å². The topological polar surface area (TPSA) is 37.8 Å². The zero-order valence-corrected chi connectivity index (χ0v) is 12.8. The van der Waals surface area contributed by atoms with E-state index in [0.29, 0.717) is 11.1 Å². The maximum atomic E-state index is 6.10. The van der Waals surface area contributed by atoms with E-state index in [1.165, 1.54) is 5.56 Å². The molecule has 0 bridgehead atoms. The summed E-state index contributed by atoms with van der Waals surface area (Å²) in [5, 5.41) is 3.68. The molecule has 22 heavy (non-hydrogen) atoms. The Morgan fingerprint density at radius 3 is 2.27 bits per heavy atom. The second-order valence-corrected chi connectivity index (χ2v) is 5.32. The molecule has 1 aromatic heterocycles. The van der Waals surface area contributed by atoms with Gasteiger partial charge in [0, 0.05) is 18.2 Å². The van der Waals surface area contributed by atoms with Crippen LogP contribution < -0.4 is 5.32 Å². The Balaban J connectivity index is 1.70. The molecule has 0 aliphatic carbocycles. The molecule has 0 amide bonds. The first kappa shape index (κ1) is 14.5. The molecular formula is C18H16ClN3. The minimum absolute atomic E-state index is 0.441. The number of aromatic nitrogens is 2. The average Bonchev–Trinajstić information content (AvgIpc) is 2.56. The largest absolute Gasteiger partial charge is 0.354 e. The number of nitrogens with zero attached hydrogens (tertiary/aromatic N) is 2. The Kier molecular flexibility index (Phi) is 4.66. The van der Waals surface area contributed by atoms with Crippen molar-refractivity contribution in [3.8, 4) is 11.3 Å². The minimum atomic E-state index is 0.441. The van der Waals surface area contributed by atoms with Gasteiger partial charge in [-0.15, -0.1) is 0 Å². The third kappa shape index (κ3) is 3.83. The van der Waals surface area contributed by atoms with Crippen LogP contribution in [0.5, 0.6) is 0 Å². The third-order valence-electron chi connectivity index (χ3n) is 3.30. The summed E-state index contributed by atoms with van der Waals surface area (Å²) in [5.74, 6) is 0.558. The summed E-state index contributed by atoms with van der Waals surface area (Å²) < 4.78 is 0. The zero-order valence-electron chi connectivity index (χ0n) is 12.0. The van der Waals surface area contributed by atoms with Gasteiger partial charge in [0.15, 0.2) is 0 Å². The molecule has 110 valence electrons. The summed E-state index contributed by atoms with van der Waals surface area (Å²) in [6.07, 6.45) is 0.914. The summed E-state index contributed by atoms with van der Waals surface area (Å²) in [6.45, 7) is 0.762. The smallest absolute Gasteiger partial charge is 0.224 e. The molecule has 0 atom stereocenters. The molecule has 0 spiro atoms. The number of anilines is 1. The number of rotatable bonds is 5. The van der Waals surface area contributed by atoms with Crippen molar-refractivity contribution in [1.29, 1.82) is 0 Å². The van der Waals surface area contributed by atoms with E-state index in [1.54, 1.807) is 6.07 Å². The Labute approximate surface area is 135 Å². The number of hydrogen-bond acceptors (Lipinski definition) is 3. The van der Waals surface area contributed by atoms with E-state index < -0.39 is 0 Å². The van der Waals surface area contributed by atoms with Crippen LogP contribution >= 0.6 is 11.6 Å². The fraction of sp³-hybridized carbons (Fsp3) is 0.111. The highest BCUT2D eigenvalue weighted by molar-refractivity contribution is 6.29. The van der Waals surface area contributed by atoms with Gasteiger partial charge in [0.05, 0.1) is 5.69 Å². The third-order valence-corrected chi connectivity index (χ3v) is 3.50. The van der Waals surface area contributed by atoms with Crippen molar-refractivity contribution in [2.24, 2.45) is 0 Å². The molecule has 0 aliphatic rings. The number of halogens is 1. The Bertz CT molecular complexity index is 730. The second-order valence-electron chi connectivity index (χ2n) is 4.93. The molecule has 4 heteroatoms. The Morgan fingerprint density at radius 1 is 0.864 bits per heavy atom. The molecule has 0 fully saturated rings. The van der Waals surface area contributed by atoms with Gasteiger partial charge in [0.1, 0.15) is 5.15 Å². The highest BCUT2D eigenvalue weighted by atomic mass is 35.5. The molecule has 0 aliphatic heterocycles. The number of hydrogen-bond donors (Lipinski definition) is 1. The van der Waals surface area contributed by atoms with Gasteiger partial charge in [0.25, 0.3) is 0 Å². The summed E-state index contributed by atoms with van der Waals surface area (Å²) in [5.41, 5.74) is 3.13. The predicted octanol–water partition coefficient (Wildman–Crippen LogP) is 4.45. The van der Waals surface area contributed by atoms with Crippen LogP contribution in [0.4, 0.5) is 5.95 Å². The monoisotopic (exact) mass is 309 g/mol. The van der Waals surface area contributed by atoms with Gasteiger partial charge in [-0.3, -0.25) is 0 Å². The first-order valence-corrected chi connectivity index (χ1v) is 7.57. The van der Waals surface area contributed by atoms with Crippen molar-refractivity contribution in [3.05, 3.63) is 77.4 Å². The van der Waals surface area contributed by atoms with Crippen LogP contribution in [-0.4, -0.2) is 16.5 Å². The summed E-state index contributed by atoms with van der Waals surface area (Å²) in [4.78, 5) is 8.76. The Morgan fingerprint density at radius 2 is 1.55 bits per heavy atom. The lowest BCUT2D eigenvalue weighted by molar-refractivity contribution is 0.985. The fourth-order valence-corrected chi connectivity index (χ4v) is 2.40. The summed E-state index contributed by atoms with van der Waals surface area (Å²) in [6, 6.07) is 22.0. The summed E-state index contributed by atoms with van der Waals surface area (Å²) >= 11 is 6.10. The van der Waals surface area contributed by atoms with E-state index >= 15 is 0 Å². The summed E-state index contributed by atoms with van der Waals surface area (Å²) in [7, 11) is 0. The molecular weight excluding hydrogens is 294 g/mol. The molecule has 3 aromatic rings. The van der Waals surface area contributed by atoms with E-state index in [-0.39, 0.29) is 0 Å². The maximum absolute atomic E-state index is 6.10. The standard InChI is InChI=1S/C18H16ClN3/c19-17-13-16(15-9-5-2-6-10-15)21-18(22-17)20-12-11-14-7-3-1-4-8-14/h1-10,13H,11-12H2,(H,20,21,22). The highest BCUT2D eigenvalue weighted by Crippen LogP contribution is 2.21. The average molecular weight is 310 g/mol. The van der Waals surface area contributed by atoms with Crippen molar-refractivity contribution >= 4 is 17.5 Å². The molecule has 0 radical (unpaired) electrons. The van der Waals surface area contributed by atoms with Crippen molar-refractivity contribution in [3.63, 3.8) is 0 Å². The molecule has 3 nitrogen and oxygen atoms in total. The fourth-order valence-electron chi connectivity index (χ4n) is 2.22. The van der Waals surface area contributed by atoms with Gasteiger partial charge in [-0.05, 0) is 12.0 Å². The van der Waals surface area contributed by atoms with Crippen LogP contribution in [0.1, 0.15) is 5.56 Å². The SMILES string of the molecule is Clc1cc(-c2ccccc2)nc(NCCc2ccccc2)n1. The molecule has 1 N–H and O–H groups in total. The van der Waals surface area contributed by atoms with Gasteiger partial charge >= 0.3 is 0 Å². The van der Waals surface area contributed by atoms with Crippen LogP contribution in [0.2, 0.25) is 5.15 Å². The number of nitrogens with one attached hydrogen (secondary N) is 1. The lowest BCUT2D eigenvalue weighted by Gasteiger charge is -2.08. The number of benzene rings is 2. The molecule has 0 unspecified atom stereocenters. The first-order chi connectivity index (χ1) is 10.8. The van der Waals surface area contributed by atoms with Crippen LogP contribution in [0, 0.1) is 0 Å². The van der Waals surface area contributed by atoms with Gasteiger partial charge < -0.3 is 5.32 Å². The van der Waals surface area contributed by atoms with Crippen molar-refractivity contribution in [2.45, 2.75) is 6.42 Å². The van der Waals surface area contributed by atoms with Crippen molar-refractivity contribution in [2.75, 3.05) is 11.9 Å². The van der Waals surface area contributed by atoms with Gasteiger partial charge in [-0.25, -0.2) is 9.97 Å².